The highest BCUT2D eigenvalue weighted by Gasteiger charge is 2.26. The molecule has 0 radical (unpaired) electrons. The van der Waals surface area contributed by atoms with Gasteiger partial charge in [0.25, 0.3) is 0 Å². The van der Waals surface area contributed by atoms with E-state index in [0.29, 0.717) is 12.3 Å². The standard InChI is InChI=1S/C21H24N4O2/c1-25-13-22-11-20(25)17-6-16-7-18(23-10-19(16)24-9-17)8-21(27)15-4-2-14(12-26)3-5-15/h6-7,9-11,13-15,26H,2-5,8,12H2,1H3. The predicted octanol–water partition coefficient (Wildman–Crippen LogP) is 2.94. The molecular weight excluding hydrogens is 340 g/mol. The van der Waals surface area contributed by atoms with Gasteiger partial charge in [-0.25, -0.2) is 4.98 Å². The van der Waals surface area contributed by atoms with Crippen LogP contribution in [0.2, 0.25) is 0 Å². The zero-order valence-electron chi connectivity index (χ0n) is 15.5. The number of aliphatic hydroxyl groups is 1. The lowest BCUT2D eigenvalue weighted by molar-refractivity contribution is -0.123. The van der Waals surface area contributed by atoms with Gasteiger partial charge < -0.3 is 9.67 Å². The molecule has 3 heterocycles. The maximum Gasteiger partial charge on any atom is 0.141 e. The predicted molar refractivity (Wildman–Crippen MR) is 103 cm³/mol. The van der Waals surface area contributed by atoms with E-state index in [9.17, 15) is 9.90 Å². The first-order valence-electron chi connectivity index (χ1n) is 9.49. The third kappa shape index (κ3) is 3.76. The Hall–Kier alpha value is -2.60. The van der Waals surface area contributed by atoms with E-state index in [1.165, 1.54) is 0 Å². The molecule has 27 heavy (non-hydrogen) atoms. The van der Waals surface area contributed by atoms with Gasteiger partial charge in [-0.2, -0.15) is 0 Å². The van der Waals surface area contributed by atoms with Crippen LogP contribution in [0.5, 0.6) is 0 Å². The van der Waals surface area contributed by atoms with E-state index in [0.717, 1.165) is 53.5 Å². The van der Waals surface area contributed by atoms with Gasteiger partial charge in [0.1, 0.15) is 5.78 Å². The molecule has 0 bridgehead atoms. The summed E-state index contributed by atoms with van der Waals surface area (Å²) in [4.78, 5) is 25.8. The number of aromatic nitrogens is 4. The highest BCUT2D eigenvalue weighted by Crippen LogP contribution is 2.30. The molecule has 1 aliphatic carbocycles. The first-order chi connectivity index (χ1) is 13.1. The third-order valence-corrected chi connectivity index (χ3v) is 5.65. The number of nitrogens with zero attached hydrogens (tertiary/aromatic N) is 4. The Kier molecular flexibility index (Phi) is 4.99. The van der Waals surface area contributed by atoms with Crippen molar-refractivity contribution in [2.45, 2.75) is 32.1 Å². The van der Waals surface area contributed by atoms with Crippen LogP contribution in [0.1, 0.15) is 31.4 Å². The van der Waals surface area contributed by atoms with Crippen LogP contribution in [0.4, 0.5) is 0 Å². The van der Waals surface area contributed by atoms with Crippen LogP contribution in [0.3, 0.4) is 0 Å². The summed E-state index contributed by atoms with van der Waals surface area (Å²) < 4.78 is 1.96. The highest BCUT2D eigenvalue weighted by atomic mass is 16.3. The second-order valence-electron chi connectivity index (χ2n) is 7.53. The number of hydrogen-bond acceptors (Lipinski definition) is 5. The van der Waals surface area contributed by atoms with Crippen molar-refractivity contribution in [2.24, 2.45) is 18.9 Å². The molecule has 3 aromatic heterocycles. The molecule has 0 saturated heterocycles. The average Bonchev–Trinajstić information content (AvgIpc) is 3.13. The van der Waals surface area contributed by atoms with Crippen molar-refractivity contribution in [2.75, 3.05) is 6.61 Å². The van der Waals surface area contributed by atoms with E-state index in [-0.39, 0.29) is 18.3 Å². The molecule has 0 aliphatic heterocycles. The molecule has 4 rings (SSSR count). The molecule has 0 unspecified atom stereocenters. The number of carbonyl (C=O) groups excluding carboxylic acids is 1. The molecule has 140 valence electrons. The minimum atomic E-state index is 0.101. The lowest BCUT2D eigenvalue weighted by Gasteiger charge is -2.26. The van der Waals surface area contributed by atoms with E-state index in [2.05, 4.69) is 21.0 Å². The molecule has 0 atom stereocenters. The van der Waals surface area contributed by atoms with Crippen molar-refractivity contribution in [1.29, 1.82) is 0 Å². The number of aryl methyl sites for hydroxylation is 1. The second kappa shape index (κ2) is 7.56. The van der Waals surface area contributed by atoms with Crippen LogP contribution in [-0.2, 0) is 18.3 Å². The largest absolute Gasteiger partial charge is 0.396 e. The van der Waals surface area contributed by atoms with Crippen LogP contribution >= 0.6 is 0 Å². The lowest BCUT2D eigenvalue weighted by atomic mass is 9.79. The summed E-state index contributed by atoms with van der Waals surface area (Å²) in [5, 5.41) is 10.2. The number of fused-ring (bicyclic) bond motifs is 1. The number of hydrogen-bond donors (Lipinski definition) is 1. The van der Waals surface area contributed by atoms with Crippen LogP contribution in [-0.4, -0.2) is 37.0 Å². The van der Waals surface area contributed by atoms with Gasteiger partial charge in [-0.3, -0.25) is 14.8 Å². The number of Topliss-reactive ketones (excluding diaryl/α,β-unsaturated/α-hetero) is 1. The molecule has 1 aliphatic rings. The van der Waals surface area contributed by atoms with E-state index in [4.69, 9.17) is 0 Å². The molecule has 1 saturated carbocycles. The molecule has 1 fully saturated rings. The van der Waals surface area contributed by atoms with Crippen LogP contribution in [0.25, 0.3) is 22.2 Å². The van der Waals surface area contributed by atoms with Crippen molar-refractivity contribution in [3.05, 3.63) is 42.7 Å². The smallest absolute Gasteiger partial charge is 0.141 e. The first-order valence-corrected chi connectivity index (χ1v) is 9.49. The summed E-state index contributed by atoms with van der Waals surface area (Å²) in [7, 11) is 1.95. The fraction of sp³-hybridized carbons (Fsp3) is 0.429. The van der Waals surface area contributed by atoms with Gasteiger partial charge in [-0.05, 0) is 43.7 Å². The Balaban J connectivity index is 1.52. The zero-order chi connectivity index (χ0) is 18.8. The van der Waals surface area contributed by atoms with E-state index < -0.39 is 0 Å². The SMILES string of the molecule is Cn1cncc1-c1cnc2cnc(CC(=O)C3CCC(CO)CC3)cc2c1. The maximum absolute atomic E-state index is 12.7. The molecule has 0 amide bonds. The summed E-state index contributed by atoms with van der Waals surface area (Å²) in [6.07, 6.45) is 11.2. The fourth-order valence-corrected chi connectivity index (χ4v) is 3.94. The van der Waals surface area contributed by atoms with Gasteiger partial charge in [0, 0.05) is 48.8 Å². The Morgan fingerprint density at radius 1 is 1.15 bits per heavy atom. The number of ketones is 1. The van der Waals surface area contributed by atoms with Gasteiger partial charge in [-0.1, -0.05) is 0 Å². The van der Waals surface area contributed by atoms with Crippen LogP contribution in [0, 0.1) is 11.8 Å². The molecule has 1 N–H and O–H groups in total. The second-order valence-corrected chi connectivity index (χ2v) is 7.53. The van der Waals surface area contributed by atoms with Crippen LogP contribution in [0.15, 0.2) is 37.1 Å². The lowest BCUT2D eigenvalue weighted by Crippen LogP contribution is -2.24. The Morgan fingerprint density at radius 2 is 1.96 bits per heavy atom. The van der Waals surface area contributed by atoms with Gasteiger partial charge in [-0.15, -0.1) is 0 Å². The van der Waals surface area contributed by atoms with Crippen molar-refractivity contribution in [3.63, 3.8) is 0 Å². The minimum absolute atomic E-state index is 0.101. The highest BCUT2D eigenvalue weighted by molar-refractivity contribution is 5.86. The van der Waals surface area contributed by atoms with E-state index in [1.807, 2.05) is 30.1 Å². The number of rotatable bonds is 5. The molecule has 0 spiro atoms. The molecular formula is C21H24N4O2. The van der Waals surface area contributed by atoms with E-state index in [1.54, 1.807) is 12.5 Å². The zero-order valence-corrected chi connectivity index (χ0v) is 15.5. The third-order valence-electron chi connectivity index (χ3n) is 5.65. The number of aliphatic hydroxyl groups excluding tert-OH is 1. The number of pyridine rings is 2. The summed E-state index contributed by atoms with van der Waals surface area (Å²) in [6, 6.07) is 4.04. The Bertz CT molecular complexity index is 958. The summed E-state index contributed by atoms with van der Waals surface area (Å²) in [5.74, 6) is 0.725. The molecule has 0 aromatic carbocycles. The van der Waals surface area contributed by atoms with Gasteiger partial charge >= 0.3 is 0 Å². The first kappa shape index (κ1) is 17.8. The fourth-order valence-electron chi connectivity index (χ4n) is 3.94. The van der Waals surface area contributed by atoms with Crippen molar-refractivity contribution >= 4 is 16.7 Å². The Labute approximate surface area is 158 Å². The maximum atomic E-state index is 12.7. The van der Waals surface area contributed by atoms with Crippen molar-refractivity contribution < 1.29 is 9.90 Å². The summed E-state index contributed by atoms with van der Waals surface area (Å²) in [6.45, 7) is 0.235. The summed E-state index contributed by atoms with van der Waals surface area (Å²) in [5.41, 5.74) is 3.61. The molecule has 6 heteroatoms. The summed E-state index contributed by atoms with van der Waals surface area (Å²) >= 11 is 0. The van der Waals surface area contributed by atoms with Gasteiger partial charge in [0.05, 0.1) is 29.9 Å². The van der Waals surface area contributed by atoms with Crippen molar-refractivity contribution in [1.82, 2.24) is 19.5 Å². The number of carbonyl (C=O) groups is 1. The number of imidazole rings is 1. The monoisotopic (exact) mass is 364 g/mol. The van der Waals surface area contributed by atoms with Gasteiger partial charge in [0.15, 0.2) is 0 Å². The van der Waals surface area contributed by atoms with E-state index >= 15 is 0 Å². The average molecular weight is 364 g/mol. The molecule has 6 nitrogen and oxygen atoms in total. The minimum Gasteiger partial charge on any atom is -0.396 e. The Morgan fingerprint density at radius 3 is 2.67 bits per heavy atom. The van der Waals surface area contributed by atoms with Crippen molar-refractivity contribution in [3.8, 4) is 11.3 Å². The van der Waals surface area contributed by atoms with Crippen LogP contribution < -0.4 is 0 Å². The molecule has 3 aromatic rings. The topological polar surface area (TPSA) is 80.9 Å². The normalized spacial score (nSPS) is 20.1. The van der Waals surface area contributed by atoms with Gasteiger partial charge in [0.2, 0.25) is 0 Å². The quantitative estimate of drug-likeness (QED) is 0.753.